The molecule has 1 fully saturated rings. The summed E-state index contributed by atoms with van der Waals surface area (Å²) in [5.41, 5.74) is 1.63. The lowest BCUT2D eigenvalue weighted by molar-refractivity contribution is -0.116. The van der Waals surface area contributed by atoms with Gasteiger partial charge in [0.25, 0.3) is 5.91 Å². The third-order valence-electron chi connectivity index (χ3n) is 4.12. The van der Waals surface area contributed by atoms with E-state index in [9.17, 15) is 14.4 Å². The van der Waals surface area contributed by atoms with E-state index in [0.717, 1.165) is 25.7 Å². The molecule has 2 amide bonds. The van der Waals surface area contributed by atoms with Crippen LogP contribution in [0, 0.1) is 0 Å². The van der Waals surface area contributed by atoms with Crippen LogP contribution in [0.25, 0.3) is 0 Å². The van der Waals surface area contributed by atoms with Crippen LogP contribution in [0.15, 0.2) is 35.9 Å². The third kappa shape index (κ3) is 7.52. The molecule has 0 aliphatic heterocycles. The first-order chi connectivity index (χ1) is 13.1. The maximum atomic E-state index is 12.1. The van der Waals surface area contributed by atoms with Gasteiger partial charge < -0.3 is 20.1 Å². The molecule has 0 radical (unpaired) electrons. The summed E-state index contributed by atoms with van der Waals surface area (Å²) in [5, 5.41) is 5.51. The number of carbonyl (C=O) groups excluding carboxylic acids is 3. The largest absolute Gasteiger partial charge is 0.513 e. The summed E-state index contributed by atoms with van der Waals surface area (Å²) in [6.45, 7) is 2.60. The summed E-state index contributed by atoms with van der Waals surface area (Å²) in [7, 11) is 0. The molecule has 7 nitrogen and oxygen atoms in total. The van der Waals surface area contributed by atoms with Gasteiger partial charge in [-0.1, -0.05) is 12.0 Å². The van der Waals surface area contributed by atoms with Crippen LogP contribution >= 0.6 is 0 Å². The van der Waals surface area contributed by atoms with Crippen LogP contribution in [0.2, 0.25) is 0 Å². The topological polar surface area (TPSA) is 93.7 Å². The molecule has 0 unspecified atom stereocenters. The first-order valence-electron chi connectivity index (χ1n) is 9.28. The van der Waals surface area contributed by atoms with E-state index < -0.39 is 6.16 Å². The third-order valence-corrected chi connectivity index (χ3v) is 4.12. The minimum atomic E-state index is -0.784. The molecule has 0 saturated heterocycles. The Morgan fingerprint density at radius 3 is 2.33 bits per heavy atom. The first-order valence-corrected chi connectivity index (χ1v) is 9.28. The maximum absolute atomic E-state index is 12.1. The highest BCUT2D eigenvalue weighted by Crippen LogP contribution is 2.22. The lowest BCUT2D eigenvalue weighted by Crippen LogP contribution is -2.34. The van der Waals surface area contributed by atoms with Gasteiger partial charge in [-0.3, -0.25) is 9.59 Å². The Balaban J connectivity index is 1.69. The van der Waals surface area contributed by atoms with Crippen molar-refractivity contribution in [3.8, 4) is 5.75 Å². The summed E-state index contributed by atoms with van der Waals surface area (Å²) < 4.78 is 9.61. The number of benzene rings is 1. The molecule has 1 aliphatic carbocycles. The van der Waals surface area contributed by atoms with Crippen molar-refractivity contribution in [1.29, 1.82) is 0 Å². The predicted molar refractivity (Wildman–Crippen MR) is 101 cm³/mol. The van der Waals surface area contributed by atoms with Crippen molar-refractivity contribution < 1.29 is 23.9 Å². The van der Waals surface area contributed by atoms with Crippen LogP contribution < -0.4 is 15.4 Å². The van der Waals surface area contributed by atoms with Gasteiger partial charge in [-0.05, 0) is 56.9 Å². The number of carbonyl (C=O) groups is 3. The fourth-order valence-electron chi connectivity index (χ4n) is 2.77. The second-order valence-electron chi connectivity index (χ2n) is 6.22. The van der Waals surface area contributed by atoms with Gasteiger partial charge in [0.2, 0.25) is 5.91 Å². The van der Waals surface area contributed by atoms with Crippen LogP contribution in [0.1, 0.15) is 49.4 Å². The fraction of sp³-hybridized carbons (Fsp3) is 0.450. The zero-order chi connectivity index (χ0) is 19.5. The minimum absolute atomic E-state index is 0.110. The molecule has 0 atom stereocenters. The van der Waals surface area contributed by atoms with Crippen molar-refractivity contribution in [3.63, 3.8) is 0 Å². The molecule has 0 spiro atoms. The van der Waals surface area contributed by atoms with Crippen molar-refractivity contribution in [2.75, 3.05) is 19.7 Å². The SMILES string of the molecule is CCOC(=O)Oc1ccc(C(=O)NCCNC(=O)C=C2CCCCC2)cc1. The summed E-state index contributed by atoms with van der Waals surface area (Å²) in [6, 6.07) is 6.14. The van der Waals surface area contributed by atoms with Gasteiger partial charge in [0.15, 0.2) is 0 Å². The Morgan fingerprint density at radius 1 is 1.00 bits per heavy atom. The molecule has 1 aromatic carbocycles. The number of rotatable bonds is 7. The normalized spacial score (nSPS) is 13.4. The zero-order valence-corrected chi connectivity index (χ0v) is 15.6. The van der Waals surface area contributed by atoms with E-state index in [2.05, 4.69) is 15.4 Å². The van der Waals surface area contributed by atoms with E-state index in [0.29, 0.717) is 24.4 Å². The highest BCUT2D eigenvalue weighted by Gasteiger charge is 2.09. The molecule has 0 bridgehead atoms. The molecule has 2 N–H and O–H groups in total. The molecular weight excluding hydrogens is 348 g/mol. The van der Waals surface area contributed by atoms with Gasteiger partial charge in [-0.15, -0.1) is 0 Å². The van der Waals surface area contributed by atoms with Gasteiger partial charge in [0.05, 0.1) is 6.61 Å². The molecule has 7 heteroatoms. The Kier molecular flexibility index (Phi) is 8.35. The number of hydrogen-bond donors (Lipinski definition) is 2. The van der Waals surface area contributed by atoms with Crippen LogP contribution in [0.4, 0.5) is 4.79 Å². The number of hydrogen-bond acceptors (Lipinski definition) is 5. The van der Waals surface area contributed by atoms with Crippen LogP contribution in [0.3, 0.4) is 0 Å². The fourth-order valence-corrected chi connectivity index (χ4v) is 2.77. The van der Waals surface area contributed by atoms with E-state index in [1.807, 2.05) is 0 Å². The highest BCUT2D eigenvalue weighted by molar-refractivity contribution is 5.94. The van der Waals surface area contributed by atoms with E-state index in [4.69, 9.17) is 4.74 Å². The van der Waals surface area contributed by atoms with E-state index in [-0.39, 0.29) is 18.4 Å². The van der Waals surface area contributed by atoms with Crippen molar-refractivity contribution in [2.45, 2.75) is 39.0 Å². The summed E-state index contributed by atoms with van der Waals surface area (Å²) in [6.07, 6.45) is 6.44. The Hall–Kier alpha value is -2.83. The Labute approximate surface area is 159 Å². The van der Waals surface area contributed by atoms with Crippen LogP contribution in [-0.2, 0) is 9.53 Å². The minimum Gasteiger partial charge on any atom is -0.434 e. The summed E-state index contributed by atoms with van der Waals surface area (Å²) in [4.78, 5) is 35.1. The lowest BCUT2D eigenvalue weighted by atomic mass is 9.95. The maximum Gasteiger partial charge on any atom is 0.513 e. The number of nitrogens with one attached hydrogen (secondary N) is 2. The van der Waals surface area contributed by atoms with Crippen LogP contribution in [0.5, 0.6) is 5.75 Å². The van der Waals surface area contributed by atoms with E-state index in [1.54, 1.807) is 25.1 Å². The Bertz CT molecular complexity index is 674. The molecule has 1 saturated carbocycles. The smallest absolute Gasteiger partial charge is 0.434 e. The molecule has 146 valence electrons. The number of amides is 2. The van der Waals surface area contributed by atoms with Crippen molar-refractivity contribution >= 4 is 18.0 Å². The predicted octanol–water partition coefficient (Wildman–Crippen LogP) is 2.96. The van der Waals surface area contributed by atoms with Crippen LogP contribution in [-0.4, -0.2) is 37.7 Å². The van der Waals surface area contributed by atoms with E-state index in [1.165, 1.54) is 24.1 Å². The van der Waals surface area contributed by atoms with Gasteiger partial charge >= 0.3 is 6.16 Å². The molecule has 0 heterocycles. The first kappa shape index (κ1) is 20.5. The van der Waals surface area contributed by atoms with Crippen molar-refractivity contribution in [1.82, 2.24) is 10.6 Å². The molecular formula is C20H26N2O5. The Morgan fingerprint density at radius 2 is 1.67 bits per heavy atom. The van der Waals surface area contributed by atoms with Crippen molar-refractivity contribution in [2.24, 2.45) is 0 Å². The quantitative estimate of drug-likeness (QED) is 0.331. The average molecular weight is 374 g/mol. The van der Waals surface area contributed by atoms with Gasteiger partial charge in [-0.25, -0.2) is 4.79 Å². The van der Waals surface area contributed by atoms with Gasteiger partial charge in [0.1, 0.15) is 5.75 Å². The summed E-state index contributed by atoms with van der Waals surface area (Å²) in [5.74, 6) is -0.0767. The summed E-state index contributed by atoms with van der Waals surface area (Å²) >= 11 is 0. The zero-order valence-electron chi connectivity index (χ0n) is 15.6. The van der Waals surface area contributed by atoms with Gasteiger partial charge in [0, 0.05) is 24.7 Å². The van der Waals surface area contributed by atoms with Crippen molar-refractivity contribution in [3.05, 3.63) is 41.5 Å². The molecule has 1 aromatic rings. The van der Waals surface area contributed by atoms with E-state index >= 15 is 0 Å². The molecule has 27 heavy (non-hydrogen) atoms. The standard InChI is InChI=1S/C20H26N2O5/c1-2-26-20(25)27-17-10-8-16(9-11-17)19(24)22-13-12-21-18(23)14-15-6-4-3-5-7-15/h8-11,14H,2-7,12-13H2,1H3,(H,21,23)(H,22,24). The number of ether oxygens (including phenoxy) is 2. The monoisotopic (exact) mass is 374 g/mol. The second-order valence-corrected chi connectivity index (χ2v) is 6.22. The number of allylic oxidation sites excluding steroid dienone is 1. The van der Waals surface area contributed by atoms with Gasteiger partial charge in [-0.2, -0.15) is 0 Å². The average Bonchev–Trinajstić information content (AvgIpc) is 2.66. The molecule has 1 aliphatic rings. The highest BCUT2D eigenvalue weighted by atomic mass is 16.7. The second kappa shape index (κ2) is 11.0. The lowest BCUT2D eigenvalue weighted by Gasteiger charge is -2.13. The molecule has 2 rings (SSSR count). The molecule has 0 aromatic heterocycles.